The molecule has 0 aliphatic carbocycles. The monoisotopic (exact) mass is 483 g/mol. The van der Waals surface area contributed by atoms with Crippen LogP contribution >= 0.6 is 0 Å². The number of carbonyl (C=O) groups excluding carboxylic acids is 1. The lowest BCUT2D eigenvalue weighted by molar-refractivity contribution is -0.274. The summed E-state index contributed by atoms with van der Waals surface area (Å²) in [6, 6.07) is 13.7. The zero-order chi connectivity index (χ0) is 24.6. The summed E-state index contributed by atoms with van der Waals surface area (Å²) >= 11 is 0. The second-order valence-electron chi connectivity index (χ2n) is 7.20. The summed E-state index contributed by atoms with van der Waals surface area (Å²) in [4.78, 5) is 17.5. The van der Waals surface area contributed by atoms with Gasteiger partial charge in [-0.05, 0) is 48.5 Å². The van der Waals surface area contributed by atoms with Crippen molar-refractivity contribution < 1.29 is 31.6 Å². The van der Waals surface area contributed by atoms with Crippen LogP contribution in [0.25, 0.3) is 34.2 Å². The van der Waals surface area contributed by atoms with Gasteiger partial charge in [-0.25, -0.2) is 4.39 Å². The minimum absolute atomic E-state index is 0.0374. The number of ether oxygens (including phenoxy) is 1. The molecule has 1 N–H and O–H groups in total. The lowest BCUT2D eigenvalue weighted by Crippen LogP contribution is -2.17. The first-order chi connectivity index (χ1) is 16.8. The Morgan fingerprint density at radius 2 is 1.86 bits per heavy atom. The number of alkyl halides is 3. The van der Waals surface area contributed by atoms with Crippen LogP contribution in [0, 0.1) is 5.82 Å². The first-order valence-corrected chi connectivity index (χ1v) is 10.0. The number of benzene rings is 2. The highest BCUT2D eigenvalue weighted by atomic mass is 19.4. The van der Waals surface area contributed by atoms with E-state index in [1.165, 1.54) is 59.4 Å². The van der Waals surface area contributed by atoms with Crippen molar-refractivity contribution in [2.45, 2.75) is 6.36 Å². The number of halogens is 4. The third kappa shape index (κ3) is 4.40. The molecule has 0 aliphatic rings. The Balaban J connectivity index is 1.52. The molecule has 0 unspecified atom stereocenters. The summed E-state index contributed by atoms with van der Waals surface area (Å²) in [5, 5.41) is 10.3. The Kier molecular flexibility index (Phi) is 5.40. The van der Waals surface area contributed by atoms with Crippen LogP contribution in [0.5, 0.6) is 5.75 Å². The van der Waals surface area contributed by atoms with Crippen molar-refractivity contribution in [3.05, 3.63) is 84.4 Å². The summed E-state index contributed by atoms with van der Waals surface area (Å²) in [5.74, 6) is -2.05. The molecule has 0 bridgehead atoms. The highest BCUT2D eigenvalue weighted by Crippen LogP contribution is 2.33. The molecule has 0 aliphatic heterocycles. The maximum atomic E-state index is 14.0. The van der Waals surface area contributed by atoms with E-state index in [1.807, 2.05) is 0 Å². The molecule has 2 aromatic carbocycles. The van der Waals surface area contributed by atoms with Gasteiger partial charge in [0.1, 0.15) is 17.3 Å². The molecular formula is C23H13F4N5O3. The summed E-state index contributed by atoms with van der Waals surface area (Å²) in [7, 11) is 0. The van der Waals surface area contributed by atoms with Gasteiger partial charge in [-0.2, -0.15) is 10.1 Å². The number of H-pyrrole nitrogens is 1. The third-order valence-electron chi connectivity index (χ3n) is 4.97. The van der Waals surface area contributed by atoms with Gasteiger partial charge in [0.25, 0.3) is 11.8 Å². The van der Waals surface area contributed by atoms with E-state index < -0.39 is 23.8 Å². The third-order valence-corrected chi connectivity index (χ3v) is 4.97. The predicted octanol–water partition coefficient (Wildman–Crippen LogP) is 5.32. The van der Waals surface area contributed by atoms with E-state index in [1.54, 1.807) is 6.07 Å². The van der Waals surface area contributed by atoms with Crippen molar-refractivity contribution in [2.24, 2.45) is 0 Å². The number of hydrogen-bond acceptors (Lipinski definition) is 6. The lowest BCUT2D eigenvalue weighted by atomic mass is 10.0. The van der Waals surface area contributed by atoms with Crippen molar-refractivity contribution in [2.75, 3.05) is 0 Å². The number of para-hydroxylation sites is 1. The van der Waals surface area contributed by atoms with E-state index in [-0.39, 0.29) is 28.5 Å². The van der Waals surface area contributed by atoms with Crippen LogP contribution in [0.4, 0.5) is 17.6 Å². The molecule has 3 aromatic heterocycles. The fourth-order valence-corrected chi connectivity index (χ4v) is 3.50. The molecule has 8 nitrogen and oxygen atoms in total. The molecule has 5 rings (SSSR count). The van der Waals surface area contributed by atoms with Gasteiger partial charge in [0, 0.05) is 18.0 Å². The SMILES string of the molecule is O=C(c1cc(F)ccc1-c1ccn[nH]1)n1cccc1-c1nc(-c2ccccc2OC(F)(F)F)no1. The lowest BCUT2D eigenvalue weighted by Gasteiger charge is -2.11. The standard InChI is InChI=1S/C23H13F4N5O3/c24-13-7-8-14(17-9-10-28-30-17)16(12-13)22(33)32-11-3-5-18(32)21-29-20(31-35-21)15-4-1-2-6-19(15)34-23(25,26)27/h1-12H,(H,28,30). The van der Waals surface area contributed by atoms with E-state index >= 15 is 0 Å². The van der Waals surface area contributed by atoms with Gasteiger partial charge in [0.2, 0.25) is 5.82 Å². The van der Waals surface area contributed by atoms with E-state index in [4.69, 9.17) is 4.52 Å². The predicted molar refractivity (Wildman–Crippen MR) is 114 cm³/mol. The first kappa shape index (κ1) is 22.1. The number of rotatable bonds is 5. The minimum Gasteiger partial charge on any atom is -0.405 e. The van der Waals surface area contributed by atoms with Crippen LogP contribution in [0.2, 0.25) is 0 Å². The van der Waals surface area contributed by atoms with Gasteiger partial charge >= 0.3 is 6.36 Å². The molecule has 0 radical (unpaired) electrons. The number of nitrogens with zero attached hydrogens (tertiary/aromatic N) is 4. The van der Waals surface area contributed by atoms with E-state index in [2.05, 4.69) is 25.1 Å². The molecule has 0 saturated carbocycles. The molecule has 0 saturated heterocycles. The van der Waals surface area contributed by atoms with Crippen molar-refractivity contribution >= 4 is 5.91 Å². The molecule has 12 heteroatoms. The summed E-state index contributed by atoms with van der Waals surface area (Å²) < 4.78 is 62.8. The maximum Gasteiger partial charge on any atom is 0.573 e. The van der Waals surface area contributed by atoms with Crippen molar-refractivity contribution in [3.8, 4) is 40.0 Å². The van der Waals surface area contributed by atoms with Gasteiger partial charge in [-0.15, -0.1) is 13.2 Å². The average Bonchev–Trinajstić information content (AvgIpc) is 3.59. The van der Waals surface area contributed by atoms with Crippen LogP contribution < -0.4 is 4.74 Å². The zero-order valence-electron chi connectivity index (χ0n) is 17.5. The molecule has 0 spiro atoms. The molecule has 0 fully saturated rings. The van der Waals surface area contributed by atoms with Crippen molar-refractivity contribution in [1.29, 1.82) is 0 Å². The van der Waals surface area contributed by atoms with E-state index in [0.29, 0.717) is 11.3 Å². The van der Waals surface area contributed by atoms with Gasteiger partial charge in [0.15, 0.2) is 0 Å². The molecule has 176 valence electrons. The zero-order valence-corrected chi connectivity index (χ0v) is 17.5. The van der Waals surface area contributed by atoms with Crippen LogP contribution in [0.3, 0.4) is 0 Å². The van der Waals surface area contributed by atoms with E-state index in [0.717, 1.165) is 12.1 Å². The second kappa shape index (κ2) is 8.56. The minimum atomic E-state index is -4.92. The molecule has 5 aromatic rings. The fraction of sp³-hybridized carbons (Fsp3) is 0.0435. The van der Waals surface area contributed by atoms with Gasteiger partial charge in [-0.1, -0.05) is 17.3 Å². The molecule has 0 amide bonds. The fourth-order valence-electron chi connectivity index (χ4n) is 3.50. The quantitative estimate of drug-likeness (QED) is 0.340. The molecule has 35 heavy (non-hydrogen) atoms. The summed E-state index contributed by atoms with van der Waals surface area (Å²) in [6.07, 6.45) is -2.00. The number of hydrogen-bond donors (Lipinski definition) is 1. The highest BCUT2D eigenvalue weighted by Gasteiger charge is 2.33. The molecule has 3 heterocycles. The van der Waals surface area contributed by atoms with Gasteiger partial charge in [0.05, 0.1) is 16.8 Å². The van der Waals surface area contributed by atoms with Crippen molar-refractivity contribution in [1.82, 2.24) is 24.9 Å². The second-order valence-corrected chi connectivity index (χ2v) is 7.20. The van der Waals surface area contributed by atoms with E-state index in [9.17, 15) is 22.4 Å². The maximum absolute atomic E-state index is 14.0. The average molecular weight is 483 g/mol. The summed E-state index contributed by atoms with van der Waals surface area (Å²) in [6.45, 7) is 0. The Morgan fingerprint density at radius 3 is 2.63 bits per heavy atom. The topological polar surface area (TPSA) is 98.8 Å². The molecular weight excluding hydrogens is 470 g/mol. The normalized spacial score (nSPS) is 11.5. The van der Waals surface area contributed by atoms with Crippen LogP contribution in [-0.2, 0) is 0 Å². The largest absolute Gasteiger partial charge is 0.573 e. The smallest absolute Gasteiger partial charge is 0.405 e. The number of carbonyl (C=O) groups is 1. The first-order valence-electron chi connectivity index (χ1n) is 10.0. The Morgan fingerprint density at radius 1 is 1.03 bits per heavy atom. The number of nitrogens with one attached hydrogen (secondary N) is 1. The van der Waals surface area contributed by atoms with Gasteiger partial charge < -0.3 is 9.26 Å². The van der Waals surface area contributed by atoms with Crippen molar-refractivity contribution in [3.63, 3.8) is 0 Å². The van der Waals surface area contributed by atoms with Gasteiger partial charge in [-0.3, -0.25) is 14.5 Å². The highest BCUT2D eigenvalue weighted by molar-refractivity contribution is 6.03. The Bertz CT molecular complexity index is 1510. The van der Waals surface area contributed by atoms with Crippen LogP contribution in [-0.4, -0.2) is 37.2 Å². The molecule has 0 atom stereocenters. The summed E-state index contributed by atoms with van der Waals surface area (Å²) in [5.41, 5.74) is 1.05. The number of aromatic nitrogens is 5. The van der Waals surface area contributed by atoms with Crippen LogP contribution in [0.1, 0.15) is 10.4 Å². The Labute approximate surface area is 193 Å². The number of aromatic amines is 1. The van der Waals surface area contributed by atoms with Crippen LogP contribution in [0.15, 0.2) is 77.6 Å². The Hall–Kier alpha value is -4.74.